The fourth-order valence-electron chi connectivity index (χ4n) is 5.27. The lowest BCUT2D eigenvalue weighted by molar-refractivity contribution is -0.129. The summed E-state index contributed by atoms with van der Waals surface area (Å²) in [7, 11) is 0. The minimum Gasteiger partial charge on any atom is -0.492 e. The van der Waals surface area contributed by atoms with Crippen molar-refractivity contribution < 1.29 is 14.3 Å². The molecule has 0 radical (unpaired) electrons. The van der Waals surface area contributed by atoms with Crippen LogP contribution in [0.1, 0.15) is 36.2 Å². The molecule has 2 amide bonds. The molecule has 1 aromatic carbocycles. The number of benzene rings is 1. The van der Waals surface area contributed by atoms with Gasteiger partial charge in [-0.1, -0.05) is 6.92 Å². The molecule has 1 aromatic heterocycles. The van der Waals surface area contributed by atoms with Gasteiger partial charge in [0, 0.05) is 68.1 Å². The molecule has 8 nitrogen and oxygen atoms in total. The Labute approximate surface area is 200 Å². The van der Waals surface area contributed by atoms with Crippen molar-refractivity contribution in [1.82, 2.24) is 20.9 Å². The van der Waals surface area contributed by atoms with E-state index < -0.39 is 0 Å². The Morgan fingerprint density at radius 1 is 1.24 bits per heavy atom. The van der Waals surface area contributed by atoms with Crippen LogP contribution >= 0.6 is 0 Å². The van der Waals surface area contributed by atoms with Crippen molar-refractivity contribution >= 4 is 17.6 Å². The van der Waals surface area contributed by atoms with Gasteiger partial charge in [-0.3, -0.25) is 9.59 Å². The van der Waals surface area contributed by atoms with E-state index >= 15 is 0 Å². The standard InChI is InChI=1S/C26H33N5O3/c1-16-11-17(2)30-26(33)22(16)15-29-25(32)20-12-18-5-10-34-24(18)21(13-20)19-3-4-23(28-14-19)31-8-6-27-7-9-31/h3-4,12-14,16-17,22,27H,5-11,15H2,1-2H3,(H,29,32)(H,30,33). The molecule has 0 spiro atoms. The van der Waals surface area contributed by atoms with E-state index in [1.54, 1.807) is 0 Å². The molecule has 0 saturated carbocycles. The van der Waals surface area contributed by atoms with Gasteiger partial charge in [-0.15, -0.1) is 0 Å². The number of ether oxygens (including phenoxy) is 1. The number of pyridine rings is 1. The van der Waals surface area contributed by atoms with Gasteiger partial charge in [0.1, 0.15) is 11.6 Å². The van der Waals surface area contributed by atoms with Crippen molar-refractivity contribution in [1.29, 1.82) is 0 Å². The number of piperidine rings is 1. The molecule has 0 bridgehead atoms. The van der Waals surface area contributed by atoms with Gasteiger partial charge < -0.3 is 25.6 Å². The Morgan fingerprint density at radius 3 is 2.79 bits per heavy atom. The summed E-state index contributed by atoms with van der Waals surface area (Å²) in [4.78, 5) is 32.5. The first-order valence-electron chi connectivity index (χ1n) is 12.3. The third kappa shape index (κ3) is 4.59. The molecule has 3 atom stereocenters. The largest absolute Gasteiger partial charge is 0.492 e. The number of aromatic nitrogens is 1. The number of fused-ring (bicyclic) bond motifs is 1. The van der Waals surface area contributed by atoms with Crippen molar-refractivity contribution in [2.24, 2.45) is 11.8 Å². The summed E-state index contributed by atoms with van der Waals surface area (Å²) in [5.74, 6) is 1.67. The SMILES string of the molecule is CC1CC(C)C(CNC(=O)c2cc3c(c(-c4ccc(N5CCNCC5)nc4)c2)OCC3)C(=O)N1. The summed E-state index contributed by atoms with van der Waals surface area (Å²) in [5, 5.41) is 9.35. The number of piperazine rings is 1. The zero-order valence-electron chi connectivity index (χ0n) is 19.9. The number of carbonyl (C=O) groups is 2. The quantitative estimate of drug-likeness (QED) is 0.628. The molecule has 3 aliphatic rings. The van der Waals surface area contributed by atoms with E-state index in [1.165, 1.54) is 0 Å². The monoisotopic (exact) mass is 463 g/mol. The summed E-state index contributed by atoms with van der Waals surface area (Å²) in [6.07, 6.45) is 3.56. The molecule has 5 rings (SSSR count). The molecular weight excluding hydrogens is 430 g/mol. The van der Waals surface area contributed by atoms with Crippen LogP contribution in [0.2, 0.25) is 0 Å². The lowest BCUT2D eigenvalue weighted by Gasteiger charge is -2.32. The fourth-order valence-corrected chi connectivity index (χ4v) is 5.27. The summed E-state index contributed by atoms with van der Waals surface area (Å²) < 4.78 is 5.93. The Balaban J connectivity index is 1.34. The van der Waals surface area contributed by atoms with Crippen LogP contribution in [0.5, 0.6) is 5.75 Å². The number of anilines is 1. The van der Waals surface area contributed by atoms with Gasteiger partial charge in [0.25, 0.3) is 5.91 Å². The van der Waals surface area contributed by atoms with Gasteiger partial charge in [-0.25, -0.2) is 4.98 Å². The normalized spacial score (nSPS) is 24.2. The molecule has 2 aromatic rings. The number of nitrogens with zero attached hydrogens (tertiary/aromatic N) is 2. The van der Waals surface area contributed by atoms with Crippen LogP contribution in [-0.2, 0) is 11.2 Å². The maximum Gasteiger partial charge on any atom is 0.251 e. The molecule has 3 N–H and O–H groups in total. The minimum absolute atomic E-state index is 0.0187. The zero-order valence-corrected chi connectivity index (χ0v) is 19.9. The van der Waals surface area contributed by atoms with Crippen LogP contribution in [-0.4, -0.2) is 62.2 Å². The van der Waals surface area contributed by atoms with Crippen LogP contribution in [0.15, 0.2) is 30.5 Å². The van der Waals surface area contributed by atoms with Crippen LogP contribution in [0.25, 0.3) is 11.1 Å². The fraction of sp³-hybridized carbons (Fsp3) is 0.500. The molecule has 34 heavy (non-hydrogen) atoms. The van der Waals surface area contributed by atoms with Crippen molar-refractivity contribution in [3.8, 4) is 16.9 Å². The van der Waals surface area contributed by atoms with Gasteiger partial charge in [0.15, 0.2) is 0 Å². The second-order valence-corrected chi connectivity index (χ2v) is 9.69. The van der Waals surface area contributed by atoms with E-state index in [9.17, 15) is 9.59 Å². The maximum atomic E-state index is 13.1. The second kappa shape index (κ2) is 9.62. The van der Waals surface area contributed by atoms with E-state index in [4.69, 9.17) is 9.72 Å². The Hall–Kier alpha value is -3.13. The third-order valence-electron chi connectivity index (χ3n) is 7.17. The van der Waals surface area contributed by atoms with Crippen LogP contribution in [0.3, 0.4) is 0 Å². The highest BCUT2D eigenvalue weighted by Crippen LogP contribution is 2.38. The van der Waals surface area contributed by atoms with Crippen molar-refractivity contribution in [3.63, 3.8) is 0 Å². The van der Waals surface area contributed by atoms with E-state index in [0.717, 1.165) is 67.3 Å². The topological polar surface area (TPSA) is 95.6 Å². The first-order chi connectivity index (χ1) is 16.5. The molecule has 8 heteroatoms. The lowest BCUT2D eigenvalue weighted by Crippen LogP contribution is -2.50. The average molecular weight is 464 g/mol. The van der Waals surface area contributed by atoms with Gasteiger partial charge >= 0.3 is 0 Å². The number of nitrogens with one attached hydrogen (secondary N) is 3. The van der Waals surface area contributed by atoms with Crippen molar-refractivity contribution in [2.75, 3.05) is 44.2 Å². The first kappa shape index (κ1) is 22.7. The minimum atomic E-state index is -0.209. The van der Waals surface area contributed by atoms with Gasteiger partial charge in [-0.2, -0.15) is 0 Å². The molecule has 2 saturated heterocycles. The van der Waals surface area contributed by atoms with E-state index in [-0.39, 0.29) is 29.7 Å². The predicted octanol–water partition coefficient (Wildman–Crippen LogP) is 1.98. The molecule has 3 aliphatic heterocycles. The number of hydrogen-bond acceptors (Lipinski definition) is 6. The van der Waals surface area contributed by atoms with Crippen LogP contribution in [0, 0.1) is 11.8 Å². The van der Waals surface area contributed by atoms with E-state index in [1.807, 2.05) is 31.3 Å². The highest BCUT2D eigenvalue weighted by molar-refractivity contribution is 5.97. The number of amides is 2. The smallest absolute Gasteiger partial charge is 0.251 e. The predicted molar refractivity (Wildman–Crippen MR) is 131 cm³/mol. The molecule has 2 fully saturated rings. The van der Waals surface area contributed by atoms with E-state index in [0.29, 0.717) is 18.7 Å². The summed E-state index contributed by atoms with van der Waals surface area (Å²) in [6, 6.07) is 8.07. The van der Waals surface area contributed by atoms with E-state index in [2.05, 4.69) is 33.8 Å². The van der Waals surface area contributed by atoms with Gasteiger partial charge in [0.2, 0.25) is 5.91 Å². The highest BCUT2D eigenvalue weighted by atomic mass is 16.5. The second-order valence-electron chi connectivity index (χ2n) is 9.69. The van der Waals surface area contributed by atoms with Crippen LogP contribution in [0.4, 0.5) is 5.82 Å². The summed E-state index contributed by atoms with van der Waals surface area (Å²) in [5.41, 5.74) is 3.44. The first-order valence-corrected chi connectivity index (χ1v) is 12.3. The molecule has 0 aliphatic carbocycles. The average Bonchev–Trinajstić information content (AvgIpc) is 3.32. The Kier molecular flexibility index (Phi) is 6.41. The van der Waals surface area contributed by atoms with Gasteiger partial charge in [0.05, 0.1) is 12.5 Å². The Bertz CT molecular complexity index is 1060. The maximum absolute atomic E-state index is 13.1. The molecule has 3 unspecified atom stereocenters. The molecular formula is C26H33N5O3. The van der Waals surface area contributed by atoms with Crippen LogP contribution < -0.4 is 25.6 Å². The molecule has 4 heterocycles. The number of hydrogen-bond donors (Lipinski definition) is 3. The summed E-state index contributed by atoms with van der Waals surface area (Å²) in [6.45, 7) is 8.84. The van der Waals surface area contributed by atoms with Crippen molar-refractivity contribution in [3.05, 3.63) is 41.6 Å². The highest BCUT2D eigenvalue weighted by Gasteiger charge is 2.32. The van der Waals surface area contributed by atoms with Crippen molar-refractivity contribution in [2.45, 2.75) is 32.7 Å². The zero-order chi connectivity index (χ0) is 23.7. The number of rotatable bonds is 5. The lowest BCUT2D eigenvalue weighted by atomic mass is 9.84. The molecule has 180 valence electrons. The number of carbonyl (C=O) groups excluding carboxylic acids is 2. The van der Waals surface area contributed by atoms with Gasteiger partial charge in [-0.05, 0) is 49.1 Å². The third-order valence-corrected chi connectivity index (χ3v) is 7.17. The Morgan fingerprint density at radius 2 is 2.06 bits per heavy atom. The summed E-state index contributed by atoms with van der Waals surface area (Å²) >= 11 is 0.